The van der Waals surface area contributed by atoms with Crippen LogP contribution in [0.5, 0.6) is 0 Å². The van der Waals surface area contributed by atoms with E-state index < -0.39 is 11.2 Å². The Morgan fingerprint density at radius 3 is 2.65 bits per heavy atom. The Balaban J connectivity index is 2.29. The predicted molar refractivity (Wildman–Crippen MR) is 90.1 cm³/mol. The van der Waals surface area contributed by atoms with Gasteiger partial charge in [0.1, 0.15) is 25.4 Å². The van der Waals surface area contributed by atoms with Gasteiger partial charge in [0, 0.05) is 14.1 Å². The number of benzene rings is 1. The van der Waals surface area contributed by atoms with Crippen LogP contribution >= 0.6 is 11.6 Å². The van der Waals surface area contributed by atoms with Gasteiger partial charge in [-0.1, -0.05) is 29.2 Å². The summed E-state index contributed by atoms with van der Waals surface area (Å²) in [5.41, 5.74) is 0.175. The zero-order valence-electron chi connectivity index (χ0n) is 12.4. The van der Waals surface area contributed by atoms with Crippen molar-refractivity contribution in [2.45, 2.75) is 0 Å². The topological polar surface area (TPSA) is 81.8 Å². The molecule has 0 aliphatic carbocycles. The van der Waals surface area contributed by atoms with E-state index in [0.717, 1.165) is 4.57 Å². The maximum Gasteiger partial charge on any atom is 0.332 e. The number of fused-ring (bicyclic) bond motifs is 1. The molecule has 0 saturated heterocycles. The van der Waals surface area contributed by atoms with Crippen molar-refractivity contribution in [2.24, 2.45) is 14.1 Å². The molecule has 2 radical (unpaired) electrons. The number of nitrogens with one attached hydrogen (secondary N) is 1. The zero-order valence-corrected chi connectivity index (χ0v) is 13.1. The van der Waals surface area contributed by atoms with Crippen LogP contribution in [0.25, 0.3) is 11.0 Å². The molecule has 2 heterocycles. The second-order valence-corrected chi connectivity index (χ2v) is 5.34. The molecule has 3 rings (SSSR count). The minimum Gasteiger partial charge on any atom is -0.338 e. The minimum absolute atomic E-state index is 0.190. The summed E-state index contributed by atoms with van der Waals surface area (Å²) in [6.45, 7) is 0. The second-order valence-electron chi connectivity index (χ2n) is 4.96. The quantitative estimate of drug-likeness (QED) is 0.681. The van der Waals surface area contributed by atoms with Crippen molar-refractivity contribution in [3.05, 3.63) is 50.4 Å². The van der Waals surface area contributed by atoms with E-state index >= 15 is 0 Å². The SMILES string of the molecule is [B]c1cccc(Nc2ncnc3c2c(=O)n(C)c(=O)n3C)c1Cl. The van der Waals surface area contributed by atoms with Gasteiger partial charge < -0.3 is 5.32 Å². The summed E-state index contributed by atoms with van der Waals surface area (Å²) in [4.78, 5) is 32.5. The highest BCUT2D eigenvalue weighted by atomic mass is 35.5. The van der Waals surface area contributed by atoms with E-state index in [2.05, 4.69) is 15.3 Å². The molecule has 1 N–H and O–H groups in total. The van der Waals surface area contributed by atoms with Crippen molar-refractivity contribution in [1.82, 2.24) is 19.1 Å². The number of aryl methyl sites for hydroxylation is 1. The number of anilines is 2. The van der Waals surface area contributed by atoms with Crippen LogP contribution in [0.3, 0.4) is 0 Å². The Hall–Kier alpha value is -2.61. The average molecular weight is 328 g/mol. The highest BCUT2D eigenvalue weighted by molar-refractivity contribution is 6.46. The zero-order chi connectivity index (χ0) is 16.7. The Morgan fingerprint density at radius 2 is 1.91 bits per heavy atom. The minimum atomic E-state index is -0.494. The molecular formula is C14H11BClN5O2. The number of rotatable bonds is 2. The fourth-order valence-corrected chi connectivity index (χ4v) is 2.44. The van der Waals surface area contributed by atoms with Crippen molar-refractivity contribution in [3.8, 4) is 0 Å². The smallest absolute Gasteiger partial charge is 0.332 e. The van der Waals surface area contributed by atoms with Crippen molar-refractivity contribution in [2.75, 3.05) is 5.32 Å². The van der Waals surface area contributed by atoms with E-state index in [-0.39, 0.29) is 16.9 Å². The Labute approximate surface area is 137 Å². The lowest BCUT2D eigenvalue weighted by atomic mass is 9.96. The lowest BCUT2D eigenvalue weighted by molar-refractivity contribution is 0.706. The molecule has 0 amide bonds. The van der Waals surface area contributed by atoms with Crippen LogP contribution in [0.4, 0.5) is 11.5 Å². The van der Waals surface area contributed by atoms with Gasteiger partial charge >= 0.3 is 5.69 Å². The first-order valence-corrected chi connectivity index (χ1v) is 7.01. The van der Waals surface area contributed by atoms with Gasteiger partial charge in [-0.15, -0.1) is 0 Å². The van der Waals surface area contributed by atoms with E-state index in [1.807, 2.05) is 0 Å². The lowest BCUT2D eigenvalue weighted by Crippen LogP contribution is -2.37. The summed E-state index contributed by atoms with van der Waals surface area (Å²) in [7, 11) is 8.70. The third kappa shape index (κ3) is 2.41. The van der Waals surface area contributed by atoms with Crippen molar-refractivity contribution >= 4 is 47.4 Å². The standard InChI is InChI=1S/C14H11BClN5O2/c1-20-12-9(13(22)21(2)14(20)23)11(17-6-18-12)19-8-5-3-4-7(15)10(8)16/h3-6H,1-2H3,(H,17,18,19). The van der Waals surface area contributed by atoms with Crippen LogP contribution in [0.1, 0.15) is 0 Å². The first-order valence-electron chi connectivity index (χ1n) is 6.63. The molecule has 0 spiro atoms. The fourth-order valence-electron chi connectivity index (χ4n) is 2.27. The van der Waals surface area contributed by atoms with Crippen LogP contribution in [-0.2, 0) is 14.1 Å². The van der Waals surface area contributed by atoms with Gasteiger partial charge in [-0.3, -0.25) is 13.9 Å². The summed E-state index contributed by atoms with van der Waals surface area (Å²) in [5, 5.41) is 3.49. The number of halogens is 1. The van der Waals surface area contributed by atoms with Crippen molar-refractivity contribution < 1.29 is 0 Å². The molecule has 0 fully saturated rings. The molecule has 0 aliphatic rings. The first kappa shape index (κ1) is 15.3. The third-order valence-corrected chi connectivity index (χ3v) is 3.94. The monoisotopic (exact) mass is 327 g/mol. The molecule has 0 bridgehead atoms. The molecule has 1 aromatic carbocycles. The normalized spacial score (nSPS) is 10.9. The van der Waals surface area contributed by atoms with Gasteiger partial charge in [-0.2, -0.15) is 0 Å². The third-order valence-electron chi connectivity index (χ3n) is 3.52. The van der Waals surface area contributed by atoms with Crippen molar-refractivity contribution in [1.29, 1.82) is 0 Å². The van der Waals surface area contributed by atoms with Crippen LogP contribution < -0.4 is 22.0 Å². The van der Waals surface area contributed by atoms with E-state index in [0.29, 0.717) is 16.2 Å². The van der Waals surface area contributed by atoms with E-state index in [1.165, 1.54) is 25.0 Å². The molecule has 114 valence electrons. The number of hydrogen-bond donors (Lipinski definition) is 1. The summed E-state index contributed by atoms with van der Waals surface area (Å²) < 4.78 is 2.28. The highest BCUT2D eigenvalue weighted by Gasteiger charge is 2.15. The Bertz CT molecular complexity index is 1040. The molecule has 3 aromatic rings. The van der Waals surface area contributed by atoms with Crippen molar-refractivity contribution in [3.63, 3.8) is 0 Å². The van der Waals surface area contributed by atoms with E-state index in [9.17, 15) is 9.59 Å². The maximum absolute atomic E-state index is 12.4. The van der Waals surface area contributed by atoms with Gasteiger partial charge in [0.05, 0.1) is 10.7 Å². The number of hydrogen-bond acceptors (Lipinski definition) is 5. The largest absolute Gasteiger partial charge is 0.338 e. The van der Waals surface area contributed by atoms with Crippen LogP contribution in [0, 0.1) is 0 Å². The van der Waals surface area contributed by atoms with Gasteiger partial charge in [-0.05, 0) is 6.07 Å². The number of aromatic nitrogens is 4. The molecule has 2 aromatic heterocycles. The molecule has 7 nitrogen and oxygen atoms in total. The average Bonchev–Trinajstić information content (AvgIpc) is 2.55. The lowest BCUT2D eigenvalue weighted by Gasteiger charge is -2.12. The molecule has 0 saturated carbocycles. The molecule has 0 unspecified atom stereocenters. The van der Waals surface area contributed by atoms with Crippen LogP contribution in [0.15, 0.2) is 34.1 Å². The molecule has 0 aliphatic heterocycles. The highest BCUT2D eigenvalue weighted by Crippen LogP contribution is 2.24. The number of nitrogens with zero attached hydrogens (tertiary/aromatic N) is 4. The summed E-state index contributed by atoms with van der Waals surface area (Å²) in [6, 6.07) is 5.09. The molecule has 0 atom stereocenters. The Morgan fingerprint density at radius 1 is 1.17 bits per heavy atom. The molecular weight excluding hydrogens is 316 g/mol. The van der Waals surface area contributed by atoms with Gasteiger partial charge in [-0.25, -0.2) is 14.8 Å². The predicted octanol–water partition coefficient (Wildman–Crippen LogP) is 0.218. The summed E-state index contributed by atoms with van der Waals surface area (Å²) in [6.07, 6.45) is 1.27. The van der Waals surface area contributed by atoms with Gasteiger partial charge in [0.2, 0.25) is 0 Å². The first-order chi connectivity index (χ1) is 10.9. The maximum atomic E-state index is 12.4. The van der Waals surface area contributed by atoms with Crippen LogP contribution in [0.2, 0.25) is 5.02 Å². The molecule has 23 heavy (non-hydrogen) atoms. The summed E-state index contributed by atoms with van der Waals surface area (Å²) in [5.74, 6) is 0.249. The van der Waals surface area contributed by atoms with Gasteiger partial charge in [0.15, 0.2) is 5.65 Å². The van der Waals surface area contributed by atoms with Crippen LogP contribution in [-0.4, -0.2) is 26.9 Å². The van der Waals surface area contributed by atoms with E-state index in [4.69, 9.17) is 19.4 Å². The van der Waals surface area contributed by atoms with E-state index in [1.54, 1.807) is 18.2 Å². The molecule has 9 heteroatoms. The second kappa shape index (κ2) is 5.55. The summed E-state index contributed by atoms with van der Waals surface area (Å²) >= 11 is 6.15. The van der Waals surface area contributed by atoms with Gasteiger partial charge in [0.25, 0.3) is 5.56 Å². The Kier molecular flexibility index (Phi) is 3.69. The fraction of sp³-hybridized carbons (Fsp3) is 0.143.